The summed E-state index contributed by atoms with van der Waals surface area (Å²) in [6.45, 7) is 2.66. The molecule has 0 atom stereocenters. The normalized spacial score (nSPS) is 16.0. The van der Waals surface area contributed by atoms with E-state index in [-0.39, 0.29) is 5.97 Å². The van der Waals surface area contributed by atoms with E-state index in [1.54, 1.807) is 0 Å². The van der Waals surface area contributed by atoms with Crippen LogP contribution in [0.3, 0.4) is 0 Å². The number of carbonyl (C=O) groups is 1. The molecular weight excluding hydrogens is 276 g/mol. The summed E-state index contributed by atoms with van der Waals surface area (Å²) in [7, 11) is 2.04. The third-order valence-electron chi connectivity index (χ3n) is 4.52. The Morgan fingerprint density at radius 2 is 2.09 bits per heavy atom. The number of aromatic nitrogens is 1. The van der Waals surface area contributed by atoms with Crippen LogP contribution in [0.2, 0.25) is 0 Å². The van der Waals surface area contributed by atoms with E-state index in [0.29, 0.717) is 18.9 Å². The van der Waals surface area contributed by atoms with Gasteiger partial charge in [0.15, 0.2) is 0 Å². The summed E-state index contributed by atoms with van der Waals surface area (Å²) in [5.74, 6) is 0.453. The highest BCUT2D eigenvalue weighted by molar-refractivity contribution is 5.84. The molecule has 1 fully saturated rings. The Bertz CT molecular complexity index is 642. The maximum Gasteiger partial charge on any atom is 0.306 e. The Kier molecular flexibility index (Phi) is 4.78. The van der Waals surface area contributed by atoms with Crippen molar-refractivity contribution in [1.29, 1.82) is 0 Å². The quantitative estimate of drug-likeness (QED) is 0.863. The lowest BCUT2D eigenvalue weighted by Crippen LogP contribution is -2.30. The maximum atomic E-state index is 12.0. The van der Waals surface area contributed by atoms with E-state index in [0.717, 1.165) is 32.4 Å². The van der Waals surface area contributed by atoms with Crippen LogP contribution in [0.4, 0.5) is 0 Å². The first-order valence-electron chi connectivity index (χ1n) is 8.13. The fourth-order valence-corrected chi connectivity index (χ4v) is 3.19. The SMILES string of the molecule is Cn1cc(CCC(=O)OCC2CCNCC2)c2ccccc21. The number of rotatable bonds is 5. The average molecular weight is 300 g/mol. The molecule has 0 spiro atoms. The van der Waals surface area contributed by atoms with Crippen LogP contribution in [0.15, 0.2) is 30.5 Å². The van der Waals surface area contributed by atoms with Crippen molar-refractivity contribution in [3.8, 4) is 0 Å². The second kappa shape index (κ2) is 6.97. The molecule has 2 aromatic rings. The standard InChI is InChI=1S/C18H24N2O2/c1-20-12-15(16-4-2-3-5-17(16)20)6-7-18(21)22-13-14-8-10-19-11-9-14/h2-5,12,14,19H,6-11,13H2,1H3. The fraction of sp³-hybridized carbons (Fsp3) is 0.500. The highest BCUT2D eigenvalue weighted by Gasteiger charge is 2.15. The van der Waals surface area contributed by atoms with Gasteiger partial charge in [-0.1, -0.05) is 18.2 Å². The third-order valence-corrected chi connectivity index (χ3v) is 4.52. The van der Waals surface area contributed by atoms with Gasteiger partial charge in [0.1, 0.15) is 0 Å². The van der Waals surface area contributed by atoms with E-state index in [2.05, 4.69) is 28.2 Å². The van der Waals surface area contributed by atoms with Crippen LogP contribution in [0, 0.1) is 5.92 Å². The molecule has 0 aliphatic carbocycles. The maximum absolute atomic E-state index is 12.0. The Hall–Kier alpha value is -1.81. The molecule has 0 amide bonds. The number of nitrogens with zero attached hydrogens (tertiary/aromatic N) is 1. The van der Waals surface area contributed by atoms with Crippen molar-refractivity contribution in [2.75, 3.05) is 19.7 Å². The van der Waals surface area contributed by atoms with Gasteiger partial charge >= 0.3 is 5.97 Å². The minimum Gasteiger partial charge on any atom is -0.465 e. The Morgan fingerprint density at radius 1 is 1.32 bits per heavy atom. The third kappa shape index (κ3) is 3.50. The molecule has 1 aliphatic rings. The summed E-state index contributed by atoms with van der Waals surface area (Å²) >= 11 is 0. The Morgan fingerprint density at radius 3 is 2.91 bits per heavy atom. The predicted molar refractivity (Wildman–Crippen MR) is 87.8 cm³/mol. The van der Waals surface area contributed by atoms with Crippen molar-refractivity contribution >= 4 is 16.9 Å². The van der Waals surface area contributed by atoms with Crippen molar-refractivity contribution in [3.63, 3.8) is 0 Å². The molecule has 0 saturated carbocycles. The number of hydrogen-bond donors (Lipinski definition) is 1. The molecule has 22 heavy (non-hydrogen) atoms. The van der Waals surface area contributed by atoms with Gasteiger partial charge in [0.25, 0.3) is 0 Å². The Labute approximate surface area is 131 Å². The molecule has 1 N–H and O–H groups in total. The second-order valence-electron chi connectivity index (χ2n) is 6.16. The minimum absolute atomic E-state index is 0.0773. The molecule has 3 rings (SSSR count). The van der Waals surface area contributed by atoms with Crippen molar-refractivity contribution in [2.24, 2.45) is 13.0 Å². The summed E-state index contributed by atoms with van der Waals surface area (Å²) in [4.78, 5) is 12.0. The highest BCUT2D eigenvalue weighted by atomic mass is 16.5. The molecule has 1 saturated heterocycles. The summed E-state index contributed by atoms with van der Waals surface area (Å²) in [5, 5.41) is 4.56. The number of esters is 1. The largest absolute Gasteiger partial charge is 0.465 e. The first-order valence-corrected chi connectivity index (χ1v) is 8.13. The van der Waals surface area contributed by atoms with Crippen LogP contribution >= 0.6 is 0 Å². The zero-order chi connectivity index (χ0) is 15.4. The van der Waals surface area contributed by atoms with Crippen LogP contribution < -0.4 is 5.32 Å². The molecule has 118 valence electrons. The van der Waals surface area contributed by atoms with Gasteiger partial charge in [0, 0.05) is 30.6 Å². The lowest BCUT2D eigenvalue weighted by Gasteiger charge is -2.22. The molecule has 4 heteroatoms. The smallest absolute Gasteiger partial charge is 0.306 e. The Balaban J connectivity index is 1.51. The van der Waals surface area contributed by atoms with Gasteiger partial charge in [0.2, 0.25) is 0 Å². The molecule has 2 heterocycles. The average Bonchev–Trinajstić information content (AvgIpc) is 2.89. The van der Waals surface area contributed by atoms with E-state index in [9.17, 15) is 4.79 Å². The molecule has 4 nitrogen and oxygen atoms in total. The van der Waals surface area contributed by atoms with E-state index in [1.165, 1.54) is 16.5 Å². The lowest BCUT2D eigenvalue weighted by atomic mass is 9.99. The topological polar surface area (TPSA) is 43.3 Å². The fourth-order valence-electron chi connectivity index (χ4n) is 3.19. The number of fused-ring (bicyclic) bond motifs is 1. The van der Waals surface area contributed by atoms with E-state index < -0.39 is 0 Å². The van der Waals surface area contributed by atoms with Crippen molar-refractivity contribution < 1.29 is 9.53 Å². The van der Waals surface area contributed by atoms with Crippen LogP contribution in [-0.2, 0) is 23.0 Å². The second-order valence-corrected chi connectivity index (χ2v) is 6.16. The molecule has 0 radical (unpaired) electrons. The number of hydrogen-bond acceptors (Lipinski definition) is 3. The van der Waals surface area contributed by atoms with E-state index >= 15 is 0 Å². The van der Waals surface area contributed by atoms with Gasteiger partial charge in [-0.15, -0.1) is 0 Å². The van der Waals surface area contributed by atoms with Gasteiger partial charge in [-0.05, 0) is 49.9 Å². The van der Waals surface area contributed by atoms with Crippen LogP contribution in [-0.4, -0.2) is 30.2 Å². The summed E-state index contributed by atoms with van der Waals surface area (Å²) in [6.07, 6.45) is 5.53. The molecular formula is C18H24N2O2. The highest BCUT2D eigenvalue weighted by Crippen LogP contribution is 2.21. The zero-order valence-corrected chi connectivity index (χ0v) is 13.2. The minimum atomic E-state index is -0.0773. The van der Waals surface area contributed by atoms with Crippen LogP contribution in [0.1, 0.15) is 24.8 Å². The number of carbonyl (C=O) groups excluding carboxylic acids is 1. The summed E-state index contributed by atoms with van der Waals surface area (Å²) in [5.41, 5.74) is 2.43. The van der Waals surface area contributed by atoms with E-state index in [4.69, 9.17) is 4.74 Å². The first-order chi connectivity index (χ1) is 10.7. The van der Waals surface area contributed by atoms with Crippen molar-refractivity contribution in [3.05, 3.63) is 36.0 Å². The number of benzene rings is 1. The predicted octanol–water partition coefficient (Wildman–Crippen LogP) is 2.65. The molecule has 1 aliphatic heterocycles. The molecule has 0 bridgehead atoms. The monoisotopic (exact) mass is 300 g/mol. The van der Waals surface area contributed by atoms with Crippen molar-refractivity contribution in [1.82, 2.24) is 9.88 Å². The zero-order valence-electron chi connectivity index (χ0n) is 13.2. The van der Waals surface area contributed by atoms with Gasteiger partial charge in [-0.2, -0.15) is 0 Å². The van der Waals surface area contributed by atoms with Gasteiger partial charge in [0.05, 0.1) is 6.61 Å². The number of piperidine rings is 1. The summed E-state index contributed by atoms with van der Waals surface area (Å²) < 4.78 is 7.56. The van der Waals surface area contributed by atoms with E-state index in [1.807, 2.05) is 19.2 Å². The van der Waals surface area contributed by atoms with Crippen LogP contribution in [0.5, 0.6) is 0 Å². The lowest BCUT2D eigenvalue weighted by molar-refractivity contribution is -0.145. The number of nitrogens with one attached hydrogen (secondary N) is 1. The molecule has 0 unspecified atom stereocenters. The number of aryl methyl sites for hydroxylation is 2. The van der Waals surface area contributed by atoms with Crippen molar-refractivity contribution in [2.45, 2.75) is 25.7 Å². The molecule has 1 aromatic heterocycles. The van der Waals surface area contributed by atoms with Gasteiger partial charge < -0.3 is 14.6 Å². The first kappa shape index (κ1) is 15.1. The van der Waals surface area contributed by atoms with Gasteiger partial charge in [-0.3, -0.25) is 4.79 Å². The number of para-hydroxylation sites is 1. The molecule has 1 aromatic carbocycles. The number of ether oxygens (including phenoxy) is 1. The summed E-state index contributed by atoms with van der Waals surface area (Å²) in [6, 6.07) is 8.31. The van der Waals surface area contributed by atoms with Gasteiger partial charge in [-0.25, -0.2) is 0 Å². The van der Waals surface area contributed by atoms with Crippen LogP contribution in [0.25, 0.3) is 10.9 Å².